The van der Waals surface area contributed by atoms with Gasteiger partial charge in [0.1, 0.15) is 0 Å². The zero-order valence-corrected chi connectivity index (χ0v) is 11.8. The second-order valence-corrected chi connectivity index (χ2v) is 7.05. The van der Waals surface area contributed by atoms with Crippen LogP contribution in [0.25, 0.3) is 0 Å². The van der Waals surface area contributed by atoms with Gasteiger partial charge in [-0.3, -0.25) is 0 Å². The molecule has 0 aliphatic carbocycles. The Morgan fingerprint density at radius 2 is 1.89 bits per heavy atom. The molecular formula is C16H24N2. The third kappa shape index (κ3) is 1.93. The summed E-state index contributed by atoms with van der Waals surface area (Å²) >= 11 is 0. The van der Waals surface area contributed by atoms with Crippen molar-refractivity contribution in [2.45, 2.75) is 32.6 Å². The van der Waals surface area contributed by atoms with Crippen molar-refractivity contribution in [3.8, 4) is 0 Å². The SMILES string of the molecule is CC(C)(C)c1ccccc1N1CC2(CCNC2)C1. The monoisotopic (exact) mass is 244 g/mol. The lowest BCUT2D eigenvalue weighted by molar-refractivity contribution is 0.242. The van der Waals surface area contributed by atoms with Gasteiger partial charge in [0.25, 0.3) is 0 Å². The summed E-state index contributed by atoms with van der Waals surface area (Å²) < 4.78 is 0. The van der Waals surface area contributed by atoms with Crippen molar-refractivity contribution in [1.29, 1.82) is 0 Å². The molecule has 1 aromatic carbocycles. The molecule has 1 aromatic rings. The first-order valence-corrected chi connectivity index (χ1v) is 7.05. The second kappa shape index (κ2) is 3.99. The fourth-order valence-electron chi connectivity index (χ4n) is 3.38. The molecule has 2 saturated heterocycles. The number of benzene rings is 1. The lowest BCUT2D eigenvalue weighted by atomic mass is 9.77. The number of anilines is 1. The van der Waals surface area contributed by atoms with Gasteiger partial charge < -0.3 is 10.2 Å². The highest BCUT2D eigenvalue weighted by Gasteiger charge is 2.45. The Kier molecular flexibility index (Phi) is 2.67. The predicted octanol–water partition coefficient (Wildman–Crippen LogP) is 2.78. The van der Waals surface area contributed by atoms with Crippen molar-refractivity contribution in [2.24, 2.45) is 5.41 Å². The van der Waals surface area contributed by atoms with Crippen LogP contribution in [0.15, 0.2) is 24.3 Å². The quantitative estimate of drug-likeness (QED) is 0.817. The molecule has 1 spiro atoms. The van der Waals surface area contributed by atoms with Crippen LogP contribution in [0, 0.1) is 5.41 Å². The van der Waals surface area contributed by atoms with Crippen LogP contribution in [0.3, 0.4) is 0 Å². The molecule has 1 N–H and O–H groups in total. The Balaban J connectivity index is 1.82. The molecule has 2 heteroatoms. The Morgan fingerprint density at radius 3 is 2.50 bits per heavy atom. The van der Waals surface area contributed by atoms with Gasteiger partial charge in [-0.2, -0.15) is 0 Å². The topological polar surface area (TPSA) is 15.3 Å². The maximum absolute atomic E-state index is 3.51. The minimum atomic E-state index is 0.229. The van der Waals surface area contributed by atoms with Gasteiger partial charge in [0.2, 0.25) is 0 Å². The average molecular weight is 244 g/mol. The summed E-state index contributed by atoms with van der Waals surface area (Å²) in [4.78, 5) is 2.56. The first-order chi connectivity index (χ1) is 8.50. The average Bonchev–Trinajstić information content (AvgIpc) is 2.75. The zero-order chi connectivity index (χ0) is 12.8. The summed E-state index contributed by atoms with van der Waals surface area (Å²) in [5, 5.41) is 3.51. The van der Waals surface area contributed by atoms with Crippen LogP contribution in [0.4, 0.5) is 5.69 Å². The van der Waals surface area contributed by atoms with E-state index in [1.807, 2.05) is 0 Å². The third-order valence-corrected chi connectivity index (χ3v) is 4.44. The molecule has 2 fully saturated rings. The van der Waals surface area contributed by atoms with Crippen LogP contribution < -0.4 is 10.2 Å². The standard InChI is InChI=1S/C16H24N2/c1-15(2,3)13-6-4-5-7-14(13)18-11-16(12-18)8-9-17-10-16/h4-7,17H,8-12H2,1-3H3. The van der Waals surface area contributed by atoms with E-state index in [0.717, 1.165) is 0 Å². The molecule has 2 aliphatic heterocycles. The van der Waals surface area contributed by atoms with E-state index in [0.29, 0.717) is 5.41 Å². The highest BCUT2D eigenvalue weighted by Crippen LogP contribution is 2.42. The number of rotatable bonds is 1. The van der Waals surface area contributed by atoms with Gasteiger partial charge in [0, 0.05) is 30.7 Å². The Labute approximate surface area is 110 Å². The van der Waals surface area contributed by atoms with Crippen molar-refractivity contribution in [1.82, 2.24) is 5.32 Å². The van der Waals surface area contributed by atoms with Crippen molar-refractivity contribution in [3.05, 3.63) is 29.8 Å². The molecule has 0 bridgehead atoms. The van der Waals surface area contributed by atoms with Crippen molar-refractivity contribution in [2.75, 3.05) is 31.1 Å². The van der Waals surface area contributed by atoms with Crippen molar-refractivity contribution >= 4 is 5.69 Å². The number of hydrogen-bond donors (Lipinski definition) is 1. The van der Waals surface area contributed by atoms with Gasteiger partial charge in [0.15, 0.2) is 0 Å². The highest BCUT2D eigenvalue weighted by molar-refractivity contribution is 5.58. The fraction of sp³-hybridized carbons (Fsp3) is 0.625. The van der Waals surface area contributed by atoms with Gasteiger partial charge in [-0.05, 0) is 30.0 Å². The number of nitrogens with one attached hydrogen (secondary N) is 1. The van der Waals surface area contributed by atoms with E-state index >= 15 is 0 Å². The number of hydrogen-bond acceptors (Lipinski definition) is 2. The van der Waals surface area contributed by atoms with Crippen molar-refractivity contribution < 1.29 is 0 Å². The van der Waals surface area contributed by atoms with Crippen LogP contribution in [0.5, 0.6) is 0 Å². The lowest BCUT2D eigenvalue weighted by Crippen LogP contribution is -2.58. The van der Waals surface area contributed by atoms with Crippen LogP contribution >= 0.6 is 0 Å². The molecule has 2 aliphatic rings. The maximum Gasteiger partial charge on any atom is 0.0404 e. The number of nitrogens with zero attached hydrogens (tertiary/aromatic N) is 1. The molecule has 0 atom stereocenters. The summed E-state index contributed by atoms with van der Waals surface area (Å²) in [7, 11) is 0. The van der Waals surface area contributed by atoms with E-state index in [2.05, 4.69) is 55.3 Å². The van der Waals surface area contributed by atoms with Crippen LogP contribution in [0.2, 0.25) is 0 Å². The van der Waals surface area contributed by atoms with Gasteiger partial charge in [-0.15, -0.1) is 0 Å². The van der Waals surface area contributed by atoms with Gasteiger partial charge in [-0.25, -0.2) is 0 Å². The Morgan fingerprint density at radius 1 is 1.17 bits per heavy atom. The van der Waals surface area contributed by atoms with E-state index in [9.17, 15) is 0 Å². The summed E-state index contributed by atoms with van der Waals surface area (Å²) in [6.45, 7) is 11.8. The summed E-state index contributed by atoms with van der Waals surface area (Å²) in [6.07, 6.45) is 1.35. The van der Waals surface area contributed by atoms with E-state index in [1.165, 1.54) is 43.9 Å². The van der Waals surface area contributed by atoms with Gasteiger partial charge in [0.05, 0.1) is 0 Å². The second-order valence-electron chi connectivity index (χ2n) is 7.05. The molecule has 0 saturated carbocycles. The molecule has 2 nitrogen and oxygen atoms in total. The maximum atomic E-state index is 3.51. The van der Waals surface area contributed by atoms with Crippen molar-refractivity contribution in [3.63, 3.8) is 0 Å². The van der Waals surface area contributed by atoms with Crippen LogP contribution in [-0.4, -0.2) is 26.2 Å². The fourth-order valence-corrected chi connectivity index (χ4v) is 3.38. The first-order valence-electron chi connectivity index (χ1n) is 7.05. The largest absolute Gasteiger partial charge is 0.370 e. The smallest absolute Gasteiger partial charge is 0.0404 e. The molecule has 0 amide bonds. The molecule has 0 aromatic heterocycles. The lowest BCUT2D eigenvalue weighted by Gasteiger charge is -2.50. The van der Waals surface area contributed by atoms with Gasteiger partial charge in [-0.1, -0.05) is 39.0 Å². The molecular weight excluding hydrogens is 220 g/mol. The normalized spacial score (nSPS) is 22.3. The van der Waals surface area contributed by atoms with E-state index in [1.54, 1.807) is 0 Å². The number of para-hydroxylation sites is 1. The minimum Gasteiger partial charge on any atom is -0.370 e. The molecule has 2 heterocycles. The van der Waals surface area contributed by atoms with Crippen LogP contribution in [0.1, 0.15) is 32.8 Å². The van der Waals surface area contributed by atoms with E-state index in [4.69, 9.17) is 0 Å². The highest BCUT2D eigenvalue weighted by atomic mass is 15.2. The minimum absolute atomic E-state index is 0.229. The molecule has 18 heavy (non-hydrogen) atoms. The molecule has 98 valence electrons. The summed E-state index contributed by atoms with van der Waals surface area (Å²) in [5.74, 6) is 0. The predicted molar refractivity (Wildman–Crippen MR) is 77.3 cm³/mol. The van der Waals surface area contributed by atoms with Crippen LogP contribution in [-0.2, 0) is 5.41 Å². The first kappa shape index (κ1) is 12.0. The molecule has 0 unspecified atom stereocenters. The Bertz CT molecular complexity index is 431. The molecule has 3 rings (SSSR count). The van der Waals surface area contributed by atoms with E-state index < -0.39 is 0 Å². The Hall–Kier alpha value is -1.02. The summed E-state index contributed by atoms with van der Waals surface area (Å²) in [6, 6.07) is 8.91. The zero-order valence-electron chi connectivity index (χ0n) is 11.8. The van der Waals surface area contributed by atoms with E-state index in [-0.39, 0.29) is 5.41 Å². The van der Waals surface area contributed by atoms with Gasteiger partial charge >= 0.3 is 0 Å². The third-order valence-electron chi connectivity index (χ3n) is 4.44. The molecule has 0 radical (unpaired) electrons. The summed E-state index contributed by atoms with van der Waals surface area (Å²) in [5.41, 5.74) is 3.73.